The molecule has 3 N–H and O–H groups in total. The van der Waals surface area contributed by atoms with E-state index in [1.807, 2.05) is 0 Å². The molecule has 0 aromatic carbocycles. The van der Waals surface area contributed by atoms with Gasteiger partial charge in [0.25, 0.3) is 0 Å². The molecule has 17 heavy (non-hydrogen) atoms. The summed E-state index contributed by atoms with van der Waals surface area (Å²) in [5.41, 5.74) is 5.34. The third-order valence-electron chi connectivity index (χ3n) is 3.04. The predicted molar refractivity (Wildman–Crippen MR) is 73.3 cm³/mol. The molecule has 1 rings (SSSR count). The molecule has 0 unspecified atom stereocenters. The monoisotopic (exact) mass is 257 g/mol. The van der Waals surface area contributed by atoms with Crippen LogP contribution < -0.4 is 16.2 Å². The van der Waals surface area contributed by atoms with Crippen LogP contribution >= 0.6 is 12.2 Å². The number of thiocarbonyl (C=S) groups is 1. The fourth-order valence-corrected chi connectivity index (χ4v) is 1.72. The first kappa shape index (κ1) is 14.2. The Morgan fingerprint density at radius 1 is 1.35 bits per heavy atom. The summed E-state index contributed by atoms with van der Waals surface area (Å²) in [6, 6.07) is 0. The largest absolute Gasteiger partial charge is 0.361 e. The van der Waals surface area contributed by atoms with E-state index in [0.29, 0.717) is 17.5 Å². The lowest BCUT2D eigenvalue weighted by Crippen LogP contribution is -2.48. The molecule has 1 fully saturated rings. The molecule has 0 bridgehead atoms. The third-order valence-corrected chi connectivity index (χ3v) is 3.29. The maximum atomic E-state index is 11.4. The lowest BCUT2D eigenvalue weighted by Gasteiger charge is -2.26. The van der Waals surface area contributed by atoms with Crippen LogP contribution in [0, 0.1) is 11.8 Å². The summed E-state index contributed by atoms with van der Waals surface area (Å²) in [6.07, 6.45) is 5.34. The summed E-state index contributed by atoms with van der Waals surface area (Å²) < 4.78 is 0. The van der Waals surface area contributed by atoms with Gasteiger partial charge in [-0.05, 0) is 43.3 Å². The topological polar surface area (TPSA) is 53.2 Å². The average molecular weight is 257 g/mol. The molecule has 1 amide bonds. The van der Waals surface area contributed by atoms with Crippen molar-refractivity contribution < 1.29 is 4.79 Å². The molecule has 0 heterocycles. The van der Waals surface area contributed by atoms with E-state index in [1.54, 1.807) is 0 Å². The Hall–Kier alpha value is -0.840. The Kier molecular flexibility index (Phi) is 6.26. The molecule has 0 aromatic rings. The smallest absolute Gasteiger partial charge is 0.238 e. The molecule has 0 atom stereocenters. The number of hydrazine groups is 1. The molecular formula is C12H23N3OS. The van der Waals surface area contributed by atoms with Crippen LogP contribution in [0.5, 0.6) is 0 Å². The minimum Gasteiger partial charge on any atom is -0.361 e. The van der Waals surface area contributed by atoms with Gasteiger partial charge in [0.1, 0.15) is 0 Å². The molecule has 0 aromatic heterocycles. The van der Waals surface area contributed by atoms with Gasteiger partial charge in [0.05, 0.1) is 0 Å². The third kappa shape index (κ3) is 6.46. The van der Waals surface area contributed by atoms with Gasteiger partial charge in [-0.3, -0.25) is 15.6 Å². The van der Waals surface area contributed by atoms with Crippen molar-refractivity contribution in [2.45, 2.75) is 46.0 Å². The zero-order valence-corrected chi connectivity index (χ0v) is 11.5. The normalized spacial score (nSPS) is 15.2. The fourth-order valence-electron chi connectivity index (χ4n) is 1.59. The molecular weight excluding hydrogens is 234 g/mol. The number of amides is 1. The van der Waals surface area contributed by atoms with Crippen molar-refractivity contribution in [1.82, 2.24) is 16.2 Å². The maximum absolute atomic E-state index is 11.4. The Morgan fingerprint density at radius 3 is 2.59 bits per heavy atom. The highest BCUT2D eigenvalue weighted by atomic mass is 32.1. The summed E-state index contributed by atoms with van der Waals surface area (Å²) in [5, 5.41) is 3.62. The quantitative estimate of drug-likeness (QED) is 0.518. The molecule has 98 valence electrons. The SMILES string of the molecule is CC(C)CCC(=O)NNC(=S)NCC1CCC1. The first-order valence-electron chi connectivity index (χ1n) is 6.40. The van der Waals surface area contributed by atoms with E-state index in [-0.39, 0.29) is 5.91 Å². The van der Waals surface area contributed by atoms with Crippen LogP contribution in [0.1, 0.15) is 46.0 Å². The van der Waals surface area contributed by atoms with E-state index in [2.05, 4.69) is 30.0 Å². The Labute approximate surface area is 109 Å². The van der Waals surface area contributed by atoms with E-state index in [0.717, 1.165) is 18.9 Å². The van der Waals surface area contributed by atoms with Gasteiger partial charge in [0.15, 0.2) is 5.11 Å². The number of rotatable bonds is 5. The van der Waals surface area contributed by atoms with Crippen molar-refractivity contribution in [3.05, 3.63) is 0 Å². The van der Waals surface area contributed by atoms with E-state index in [1.165, 1.54) is 19.3 Å². The summed E-state index contributed by atoms with van der Waals surface area (Å²) in [4.78, 5) is 11.4. The van der Waals surface area contributed by atoms with Crippen molar-refractivity contribution in [1.29, 1.82) is 0 Å². The number of hydrogen-bond acceptors (Lipinski definition) is 2. The first-order chi connectivity index (χ1) is 8.08. The van der Waals surface area contributed by atoms with Crippen molar-refractivity contribution in [3.63, 3.8) is 0 Å². The second kappa shape index (κ2) is 7.48. The minimum absolute atomic E-state index is 0.00788. The molecule has 4 nitrogen and oxygen atoms in total. The molecule has 0 saturated heterocycles. The zero-order valence-electron chi connectivity index (χ0n) is 10.7. The number of nitrogens with one attached hydrogen (secondary N) is 3. The first-order valence-corrected chi connectivity index (χ1v) is 6.81. The molecule has 0 spiro atoms. The van der Waals surface area contributed by atoms with Gasteiger partial charge in [0, 0.05) is 13.0 Å². The van der Waals surface area contributed by atoms with Gasteiger partial charge in [-0.15, -0.1) is 0 Å². The molecule has 1 saturated carbocycles. The summed E-state index contributed by atoms with van der Waals surface area (Å²) in [7, 11) is 0. The molecule has 1 aliphatic carbocycles. The maximum Gasteiger partial charge on any atom is 0.238 e. The van der Waals surface area contributed by atoms with Crippen LogP contribution in [-0.2, 0) is 4.79 Å². The van der Waals surface area contributed by atoms with Crippen LogP contribution in [0.25, 0.3) is 0 Å². The van der Waals surface area contributed by atoms with E-state index >= 15 is 0 Å². The van der Waals surface area contributed by atoms with Gasteiger partial charge in [-0.2, -0.15) is 0 Å². The molecule has 0 radical (unpaired) electrons. The van der Waals surface area contributed by atoms with Gasteiger partial charge in [-0.1, -0.05) is 20.3 Å². The second-order valence-corrected chi connectivity index (χ2v) is 5.52. The van der Waals surface area contributed by atoms with Gasteiger partial charge >= 0.3 is 0 Å². The Morgan fingerprint density at radius 2 is 2.06 bits per heavy atom. The van der Waals surface area contributed by atoms with Gasteiger partial charge in [0.2, 0.25) is 5.91 Å². The highest BCUT2D eigenvalue weighted by Crippen LogP contribution is 2.24. The van der Waals surface area contributed by atoms with Gasteiger partial charge in [-0.25, -0.2) is 0 Å². The van der Waals surface area contributed by atoms with Crippen LogP contribution in [-0.4, -0.2) is 17.6 Å². The van der Waals surface area contributed by atoms with Crippen molar-refractivity contribution >= 4 is 23.2 Å². The lowest BCUT2D eigenvalue weighted by atomic mass is 9.85. The predicted octanol–water partition coefficient (Wildman–Crippen LogP) is 1.72. The van der Waals surface area contributed by atoms with Crippen molar-refractivity contribution in [2.24, 2.45) is 11.8 Å². The molecule has 1 aliphatic rings. The van der Waals surface area contributed by atoms with Crippen LogP contribution in [0.15, 0.2) is 0 Å². The van der Waals surface area contributed by atoms with Crippen LogP contribution in [0.2, 0.25) is 0 Å². The highest BCUT2D eigenvalue weighted by molar-refractivity contribution is 7.80. The standard InChI is InChI=1S/C12H23N3OS/c1-9(2)6-7-11(16)14-15-12(17)13-8-10-4-3-5-10/h9-10H,3-8H2,1-2H3,(H,14,16)(H2,13,15,17). The number of hydrogen-bond donors (Lipinski definition) is 3. The highest BCUT2D eigenvalue weighted by Gasteiger charge is 2.17. The minimum atomic E-state index is -0.00788. The van der Waals surface area contributed by atoms with E-state index < -0.39 is 0 Å². The van der Waals surface area contributed by atoms with E-state index in [4.69, 9.17) is 12.2 Å². The van der Waals surface area contributed by atoms with Crippen LogP contribution in [0.4, 0.5) is 0 Å². The number of carbonyl (C=O) groups is 1. The molecule has 0 aliphatic heterocycles. The van der Waals surface area contributed by atoms with E-state index in [9.17, 15) is 4.79 Å². The number of carbonyl (C=O) groups excluding carboxylic acids is 1. The molecule has 5 heteroatoms. The van der Waals surface area contributed by atoms with Crippen molar-refractivity contribution in [3.8, 4) is 0 Å². The van der Waals surface area contributed by atoms with Crippen LogP contribution in [0.3, 0.4) is 0 Å². The van der Waals surface area contributed by atoms with Crippen molar-refractivity contribution in [2.75, 3.05) is 6.54 Å². The zero-order chi connectivity index (χ0) is 12.7. The summed E-state index contributed by atoms with van der Waals surface area (Å²) in [5.74, 6) is 1.29. The average Bonchev–Trinajstić information content (AvgIpc) is 2.21. The Balaban J connectivity index is 1.99. The second-order valence-electron chi connectivity index (χ2n) is 5.11. The fraction of sp³-hybridized carbons (Fsp3) is 0.833. The lowest BCUT2D eigenvalue weighted by molar-refractivity contribution is -0.121. The Bertz CT molecular complexity index is 264. The summed E-state index contributed by atoms with van der Waals surface area (Å²) >= 11 is 5.06. The van der Waals surface area contributed by atoms with Gasteiger partial charge < -0.3 is 5.32 Å². The summed E-state index contributed by atoms with van der Waals surface area (Å²) in [6.45, 7) is 5.12.